The Bertz CT molecular complexity index is 599. The van der Waals surface area contributed by atoms with Crippen molar-refractivity contribution in [1.29, 1.82) is 0 Å². The van der Waals surface area contributed by atoms with E-state index in [1.165, 1.54) is 18.5 Å². The summed E-state index contributed by atoms with van der Waals surface area (Å²) < 4.78 is 37.4. The van der Waals surface area contributed by atoms with Crippen molar-refractivity contribution < 1.29 is 13.2 Å². The predicted molar refractivity (Wildman–Crippen MR) is 68.4 cm³/mol. The molecule has 1 aromatic heterocycles. The number of rotatable bonds is 2. The Morgan fingerprint density at radius 2 is 1.89 bits per heavy atom. The SMILES string of the molecule is Nc1cncc(Nc2ccc(C(F)(F)F)cc2Cl)c1. The van der Waals surface area contributed by atoms with Crippen LogP contribution in [0.4, 0.5) is 30.2 Å². The summed E-state index contributed by atoms with van der Waals surface area (Å²) in [6.07, 6.45) is -1.47. The molecule has 0 bridgehead atoms. The molecule has 3 N–H and O–H groups in total. The lowest BCUT2D eigenvalue weighted by Crippen LogP contribution is -2.05. The van der Waals surface area contributed by atoms with Gasteiger partial charge < -0.3 is 11.1 Å². The van der Waals surface area contributed by atoms with Gasteiger partial charge in [0.1, 0.15) is 0 Å². The van der Waals surface area contributed by atoms with Crippen LogP contribution in [0.5, 0.6) is 0 Å². The van der Waals surface area contributed by atoms with Gasteiger partial charge in [-0.3, -0.25) is 4.98 Å². The van der Waals surface area contributed by atoms with Gasteiger partial charge in [-0.1, -0.05) is 11.6 Å². The molecule has 0 aliphatic rings. The monoisotopic (exact) mass is 287 g/mol. The average Bonchev–Trinajstić information content (AvgIpc) is 2.30. The molecule has 0 spiro atoms. The number of hydrogen-bond acceptors (Lipinski definition) is 3. The highest BCUT2D eigenvalue weighted by atomic mass is 35.5. The van der Waals surface area contributed by atoms with E-state index in [-0.39, 0.29) is 5.02 Å². The Balaban J connectivity index is 2.27. The zero-order chi connectivity index (χ0) is 14.0. The number of halogens is 4. The van der Waals surface area contributed by atoms with Crippen LogP contribution < -0.4 is 11.1 Å². The van der Waals surface area contributed by atoms with Gasteiger partial charge >= 0.3 is 6.18 Å². The van der Waals surface area contributed by atoms with Crippen molar-refractivity contribution in [2.45, 2.75) is 6.18 Å². The van der Waals surface area contributed by atoms with Crippen LogP contribution in [0.15, 0.2) is 36.7 Å². The Hall–Kier alpha value is -1.95. The van der Waals surface area contributed by atoms with Gasteiger partial charge in [0.25, 0.3) is 0 Å². The first kappa shape index (κ1) is 13.5. The second kappa shape index (κ2) is 4.97. The predicted octanol–water partition coefficient (Wildman–Crippen LogP) is 4.08. The van der Waals surface area contributed by atoms with Gasteiger partial charge in [0.15, 0.2) is 0 Å². The normalized spacial score (nSPS) is 11.4. The largest absolute Gasteiger partial charge is 0.416 e. The number of pyridine rings is 1. The molecule has 0 amide bonds. The summed E-state index contributed by atoms with van der Waals surface area (Å²) >= 11 is 5.81. The highest BCUT2D eigenvalue weighted by Crippen LogP contribution is 2.34. The summed E-state index contributed by atoms with van der Waals surface area (Å²) in [4.78, 5) is 3.86. The molecular formula is C12H9ClF3N3. The van der Waals surface area contributed by atoms with Crippen LogP contribution in [0.25, 0.3) is 0 Å². The number of anilines is 3. The van der Waals surface area contributed by atoms with Crippen LogP contribution in [-0.4, -0.2) is 4.98 Å². The lowest BCUT2D eigenvalue weighted by Gasteiger charge is -2.11. The molecule has 100 valence electrons. The zero-order valence-electron chi connectivity index (χ0n) is 9.50. The summed E-state index contributed by atoms with van der Waals surface area (Å²) in [5.74, 6) is 0. The molecule has 1 heterocycles. The quantitative estimate of drug-likeness (QED) is 0.875. The molecule has 0 unspecified atom stereocenters. The van der Waals surface area contributed by atoms with Crippen LogP contribution in [-0.2, 0) is 6.18 Å². The fourth-order valence-corrected chi connectivity index (χ4v) is 1.70. The molecule has 7 heteroatoms. The smallest absolute Gasteiger partial charge is 0.397 e. The van der Waals surface area contributed by atoms with Gasteiger partial charge in [-0.15, -0.1) is 0 Å². The third-order valence-corrected chi connectivity index (χ3v) is 2.65. The highest BCUT2D eigenvalue weighted by molar-refractivity contribution is 6.33. The number of alkyl halides is 3. The Kier molecular flexibility index (Phi) is 3.53. The van der Waals surface area contributed by atoms with Crippen LogP contribution in [0.2, 0.25) is 5.02 Å². The van der Waals surface area contributed by atoms with E-state index in [0.717, 1.165) is 12.1 Å². The molecule has 0 radical (unpaired) electrons. The van der Waals surface area contributed by atoms with E-state index in [0.29, 0.717) is 17.1 Å². The standard InChI is InChI=1S/C12H9ClF3N3/c13-10-3-7(12(14,15)16)1-2-11(10)19-9-4-8(17)5-18-6-9/h1-6,19H,17H2. The zero-order valence-corrected chi connectivity index (χ0v) is 10.3. The number of nitrogens with two attached hydrogens (primary N) is 1. The molecule has 0 aliphatic heterocycles. The average molecular weight is 288 g/mol. The number of nitrogen functional groups attached to an aromatic ring is 1. The lowest BCUT2D eigenvalue weighted by atomic mass is 10.2. The van der Waals surface area contributed by atoms with Crippen LogP contribution in [0, 0.1) is 0 Å². The van der Waals surface area contributed by atoms with E-state index >= 15 is 0 Å². The molecule has 0 atom stereocenters. The lowest BCUT2D eigenvalue weighted by molar-refractivity contribution is -0.137. The molecule has 0 saturated carbocycles. The third-order valence-electron chi connectivity index (χ3n) is 2.33. The van der Waals surface area contributed by atoms with Crippen molar-refractivity contribution in [2.75, 3.05) is 11.1 Å². The molecule has 0 saturated heterocycles. The van der Waals surface area contributed by atoms with Crippen LogP contribution in [0.3, 0.4) is 0 Å². The fraction of sp³-hybridized carbons (Fsp3) is 0.0833. The summed E-state index contributed by atoms with van der Waals surface area (Å²) in [6.45, 7) is 0. The van der Waals surface area contributed by atoms with Crippen molar-refractivity contribution in [3.05, 3.63) is 47.2 Å². The number of nitrogens with zero attached hydrogens (tertiary/aromatic N) is 1. The van der Waals surface area contributed by atoms with E-state index in [1.807, 2.05) is 0 Å². The van der Waals surface area contributed by atoms with E-state index in [2.05, 4.69) is 10.3 Å². The minimum atomic E-state index is -4.42. The Morgan fingerprint density at radius 1 is 1.16 bits per heavy atom. The van der Waals surface area contributed by atoms with Crippen molar-refractivity contribution in [3.63, 3.8) is 0 Å². The Morgan fingerprint density at radius 3 is 2.47 bits per heavy atom. The summed E-state index contributed by atoms with van der Waals surface area (Å²) in [7, 11) is 0. The van der Waals surface area contributed by atoms with Gasteiger partial charge in [-0.25, -0.2) is 0 Å². The van der Waals surface area contributed by atoms with E-state index in [1.54, 1.807) is 6.07 Å². The highest BCUT2D eigenvalue weighted by Gasteiger charge is 2.30. The van der Waals surface area contributed by atoms with Gasteiger partial charge in [0.2, 0.25) is 0 Å². The maximum atomic E-state index is 12.5. The van der Waals surface area contributed by atoms with Crippen molar-refractivity contribution in [3.8, 4) is 0 Å². The molecule has 0 fully saturated rings. The molecular weight excluding hydrogens is 279 g/mol. The van der Waals surface area contributed by atoms with Gasteiger partial charge in [0.05, 0.1) is 33.8 Å². The molecule has 0 aliphatic carbocycles. The number of aromatic nitrogens is 1. The summed E-state index contributed by atoms with van der Waals surface area (Å²) in [6, 6.07) is 4.67. The van der Waals surface area contributed by atoms with Gasteiger partial charge in [-0.05, 0) is 24.3 Å². The first-order valence-electron chi connectivity index (χ1n) is 5.20. The second-order valence-corrected chi connectivity index (χ2v) is 4.23. The summed E-state index contributed by atoms with van der Waals surface area (Å²) in [5, 5.41) is 2.82. The summed E-state index contributed by atoms with van der Waals surface area (Å²) in [5.41, 5.74) is 6.08. The van der Waals surface area contributed by atoms with Crippen molar-refractivity contribution in [1.82, 2.24) is 4.98 Å². The second-order valence-electron chi connectivity index (χ2n) is 3.82. The minimum absolute atomic E-state index is 0.0303. The van der Waals surface area contributed by atoms with Crippen molar-refractivity contribution in [2.24, 2.45) is 0 Å². The van der Waals surface area contributed by atoms with Crippen molar-refractivity contribution >= 4 is 28.7 Å². The molecule has 2 aromatic rings. The molecule has 19 heavy (non-hydrogen) atoms. The maximum absolute atomic E-state index is 12.5. The first-order valence-corrected chi connectivity index (χ1v) is 5.58. The fourth-order valence-electron chi connectivity index (χ4n) is 1.47. The van der Waals surface area contributed by atoms with E-state index < -0.39 is 11.7 Å². The van der Waals surface area contributed by atoms with E-state index in [9.17, 15) is 13.2 Å². The topological polar surface area (TPSA) is 50.9 Å². The maximum Gasteiger partial charge on any atom is 0.416 e. The number of hydrogen-bond donors (Lipinski definition) is 2. The molecule has 1 aromatic carbocycles. The van der Waals surface area contributed by atoms with Gasteiger partial charge in [0, 0.05) is 6.20 Å². The minimum Gasteiger partial charge on any atom is -0.397 e. The third kappa shape index (κ3) is 3.29. The van der Waals surface area contributed by atoms with E-state index in [4.69, 9.17) is 17.3 Å². The van der Waals surface area contributed by atoms with Crippen LogP contribution in [0.1, 0.15) is 5.56 Å². The van der Waals surface area contributed by atoms with Gasteiger partial charge in [-0.2, -0.15) is 13.2 Å². The molecule has 2 rings (SSSR count). The first-order chi connectivity index (χ1) is 8.86. The number of benzene rings is 1. The number of nitrogens with one attached hydrogen (secondary N) is 1. The van der Waals surface area contributed by atoms with Crippen LogP contribution >= 0.6 is 11.6 Å². The Labute approximate surface area is 112 Å². The molecule has 3 nitrogen and oxygen atoms in total.